The standard InChI is InChI=1S/C21H25N3O3/c1-4-22-21(27)17-6-5-7-18(12-17)24-20(26)13-19(23-15(3)25)16-10-8-14(2)9-11-16/h5-12,19H,4,13H2,1-3H3,(H,22,27)(H,23,25)(H,24,26). The molecule has 0 spiro atoms. The fourth-order valence-electron chi connectivity index (χ4n) is 2.69. The van der Waals surface area contributed by atoms with Gasteiger partial charge in [-0.3, -0.25) is 14.4 Å². The second kappa shape index (κ2) is 9.52. The molecule has 3 N–H and O–H groups in total. The molecule has 1 unspecified atom stereocenters. The summed E-state index contributed by atoms with van der Waals surface area (Å²) in [6.45, 7) is 5.78. The lowest BCUT2D eigenvalue weighted by Crippen LogP contribution is -2.29. The summed E-state index contributed by atoms with van der Waals surface area (Å²) in [6, 6.07) is 14.0. The highest BCUT2D eigenvalue weighted by molar-refractivity contribution is 5.97. The van der Waals surface area contributed by atoms with Gasteiger partial charge >= 0.3 is 0 Å². The van der Waals surface area contributed by atoms with Crippen molar-refractivity contribution in [2.75, 3.05) is 11.9 Å². The predicted octanol–water partition coefficient (Wildman–Crippen LogP) is 2.95. The lowest BCUT2D eigenvalue weighted by atomic mass is 10.0. The highest BCUT2D eigenvalue weighted by Crippen LogP contribution is 2.19. The third-order valence-corrected chi connectivity index (χ3v) is 3.99. The fourth-order valence-corrected chi connectivity index (χ4v) is 2.69. The smallest absolute Gasteiger partial charge is 0.251 e. The topological polar surface area (TPSA) is 87.3 Å². The van der Waals surface area contributed by atoms with Crippen LogP contribution in [0, 0.1) is 6.92 Å². The van der Waals surface area contributed by atoms with Gasteiger partial charge < -0.3 is 16.0 Å². The van der Waals surface area contributed by atoms with E-state index in [-0.39, 0.29) is 24.1 Å². The summed E-state index contributed by atoms with van der Waals surface area (Å²) in [4.78, 5) is 35.9. The maximum Gasteiger partial charge on any atom is 0.251 e. The third kappa shape index (κ3) is 6.26. The SMILES string of the molecule is CCNC(=O)c1cccc(NC(=O)CC(NC(C)=O)c2ccc(C)cc2)c1. The van der Waals surface area contributed by atoms with Gasteiger partial charge in [0.15, 0.2) is 0 Å². The number of nitrogens with one attached hydrogen (secondary N) is 3. The first-order valence-corrected chi connectivity index (χ1v) is 8.90. The molecule has 0 bridgehead atoms. The van der Waals surface area contributed by atoms with E-state index in [0.717, 1.165) is 11.1 Å². The predicted molar refractivity (Wildman–Crippen MR) is 105 cm³/mol. The minimum atomic E-state index is -0.422. The normalized spacial score (nSPS) is 11.4. The number of benzene rings is 2. The molecule has 2 rings (SSSR count). The zero-order valence-corrected chi connectivity index (χ0v) is 15.8. The minimum absolute atomic E-state index is 0.0913. The van der Waals surface area contributed by atoms with Crippen LogP contribution >= 0.6 is 0 Å². The largest absolute Gasteiger partial charge is 0.352 e. The molecule has 0 saturated heterocycles. The molecule has 0 heterocycles. The Kier molecular flexibility index (Phi) is 7.11. The summed E-state index contributed by atoms with van der Waals surface area (Å²) in [5.41, 5.74) is 2.98. The van der Waals surface area contributed by atoms with E-state index in [1.165, 1.54) is 6.92 Å². The maximum absolute atomic E-state index is 12.5. The molecule has 0 saturated carbocycles. The first-order chi connectivity index (χ1) is 12.9. The molecule has 0 aromatic heterocycles. The molecule has 6 heteroatoms. The van der Waals surface area contributed by atoms with Crippen molar-refractivity contribution in [2.45, 2.75) is 33.2 Å². The molecule has 2 aromatic rings. The summed E-state index contributed by atoms with van der Waals surface area (Å²) in [5.74, 6) is -0.640. The average molecular weight is 367 g/mol. The molecule has 6 nitrogen and oxygen atoms in total. The molecule has 0 aliphatic rings. The van der Waals surface area contributed by atoms with Gasteiger partial charge in [-0.2, -0.15) is 0 Å². The number of aryl methyl sites for hydroxylation is 1. The lowest BCUT2D eigenvalue weighted by Gasteiger charge is -2.18. The van der Waals surface area contributed by atoms with Crippen molar-refractivity contribution < 1.29 is 14.4 Å². The molecule has 0 fully saturated rings. The van der Waals surface area contributed by atoms with Crippen LogP contribution in [0.25, 0.3) is 0 Å². The van der Waals surface area contributed by atoms with Crippen molar-refractivity contribution in [1.82, 2.24) is 10.6 Å². The van der Waals surface area contributed by atoms with Gasteiger partial charge in [-0.1, -0.05) is 35.9 Å². The van der Waals surface area contributed by atoms with Gasteiger partial charge in [0.1, 0.15) is 0 Å². The Morgan fingerprint density at radius 2 is 1.74 bits per heavy atom. The number of rotatable bonds is 7. The fraction of sp³-hybridized carbons (Fsp3) is 0.286. The van der Waals surface area contributed by atoms with Gasteiger partial charge in [-0.25, -0.2) is 0 Å². The van der Waals surface area contributed by atoms with Crippen LogP contribution in [0.15, 0.2) is 48.5 Å². The summed E-state index contributed by atoms with van der Waals surface area (Å²) in [6.07, 6.45) is 0.0913. The summed E-state index contributed by atoms with van der Waals surface area (Å²) < 4.78 is 0. The monoisotopic (exact) mass is 367 g/mol. The molecule has 1 atom stereocenters. The van der Waals surface area contributed by atoms with Crippen LogP contribution in [0.5, 0.6) is 0 Å². The van der Waals surface area contributed by atoms with Crippen LogP contribution in [0.2, 0.25) is 0 Å². The Hall–Kier alpha value is -3.15. The lowest BCUT2D eigenvalue weighted by molar-refractivity contribution is -0.120. The molecular formula is C21H25N3O3. The van der Waals surface area contributed by atoms with Gasteiger partial charge in [-0.05, 0) is 37.6 Å². The van der Waals surface area contributed by atoms with E-state index in [9.17, 15) is 14.4 Å². The summed E-state index contributed by atoms with van der Waals surface area (Å²) >= 11 is 0. The molecule has 0 radical (unpaired) electrons. The summed E-state index contributed by atoms with van der Waals surface area (Å²) in [5, 5.41) is 8.33. The van der Waals surface area contributed by atoms with E-state index in [1.54, 1.807) is 24.3 Å². The van der Waals surface area contributed by atoms with Crippen LogP contribution in [0.3, 0.4) is 0 Å². The van der Waals surface area contributed by atoms with E-state index >= 15 is 0 Å². The van der Waals surface area contributed by atoms with Crippen molar-refractivity contribution in [3.8, 4) is 0 Å². The van der Waals surface area contributed by atoms with Crippen LogP contribution in [0.4, 0.5) is 5.69 Å². The van der Waals surface area contributed by atoms with Gasteiger partial charge in [0, 0.05) is 24.7 Å². The Labute approximate surface area is 159 Å². The van der Waals surface area contributed by atoms with Crippen LogP contribution in [-0.2, 0) is 9.59 Å². The Morgan fingerprint density at radius 1 is 1.04 bits per heavy atom. The molecular weight excluding hydrogens is 342 g/mol. The Bertz CT molecular complexity index is 816. The molecule has 142 valence electrons. The number of carbonyl (C=O) groups is 3. The minimum Gasteiger partial charge on any atom is -0.352 e. The van der Waals surface area contributed by atoms with Crippen molar-refractivity contribution >= 4 is 23.4 Å². The maximum atomic E-state index is 12.5. The van der Waals surface area contributed by atoms with E-state index in [0.29, 0.717) is 17.8 Å². The second-order valence-corrected chi connectivity index (χ2v) is 6.36. The average Bonchev–Trinajstić information content (AvgIpc) is 2.62. The van der Waals surface area contributed by atoms with Gasteiger partial charge in [0.05, 0.1) is 12.5 Å². The van der Waals surface area contributed by atoms with E-state index in [1.807, 2.05) is 38.1 Å². The van der Waals surface area contributed by atoms with Gasteiger partial charge in [0.2, 0.25) is 11.8 Å². The Morgan fingerprint density at radius 3 is 2.37 bits per heavy atom. The van der Waals surface area contributed by atoms with Crippen molar-refractivity contribution in [3.63, 3.8) is 0 Å². The van der Waals surface area contributed by atoms with E-state index in [4.69, 9.17) is 0 Å². The molecule has 0 aliphatic carbocycles. The molecule has 27 heavy (non-hydrogen) atoms. The number of hydrogen-bond donors (Lipinski definition) is 3. The number of amides is 3. The van der Waals surface area contributed by atoms with Crippen molar-refractivity contribution in [3.05, 3.63) is 65.2 Å². The van der Waals surface area contributed by atoms with E-state index in [2.05, 4.69) is 16.0 Å². The third-order valence-electron chi connectivity index (χ3n) is 3.99. The highest BCUT2D eigenvalue weighted by atomic mass is 16.2. The van der Waals surface area contributed by atoms with Crippen molar-refractivity contribution in [1.29, 1.82) is 0 Å². The van der Waals surface area contributed by atoms with Crippen molar-refractivity contribution in [2.24, 2.45) is 0 Å². The van der Waals surface area contributed by atoms with Crippen LogP contribution in [-0.4, -0.2) is 24.3 Å². The number of hydrogen-bond acceptors (Lipinski definition) is 3. The van der Waals surface area contributed by atoms with Gasteiger partial charge in [0.25, 0.3) is 5.91 Å². The molecule has 0 aliphatic heterocycles. The second-order valence-electron chi connectivity index (χ2n) is 6.36. The quantitative estimate of drug-likeness (QED) is 0.703. The van der Waals surface area contributed by atoms with Gasteiger partial charge in [-0.15, -0.1) is 0 Å². The summed E-state index contributed by atoms with van der Waals surface area (Å²) in [7, 11) is 0. The molecule has 3 amide bonds. The first-order valence-electron chi connectivity index (χ1n) is 8.90. The van der Waals surface area contributed by atoms with E-state index < -0.39 is 6.04 Å². The number of carbonyl (C=O) groups excluding carboxylic acids is 3. The first kappa shape index (κ1) is 20.2. The van der Waals surface area contributed by atoms with Crippen LogP contribution in [0.1, 0.15) is 47.8 Å². The van der Waals surface area contributed by atoms with Crippen LogP contribution < -0.4 is 16.0 Å². The highest BCUT2D eigenvalue weighted by Gasteiger charge is 2.17. The zero-order chi connectivity index (χ0) is 19.8. The molecule has 2 aromatic carbocycles. The zero-order valence-electron chi connectivity index (χ0n) is 15.8. The Balaban J connectivity index is 2.09. The number of anilines is 1.